The van der Waals surface area contributed by atoms with Crippen molar-refractivity contribution in [3.8, 4) is 0 Å². The van der Waals surface area contributed by atoms with E-state index in [0.717, 1.165) is 18.4 Å². The second kappa shape index (κ2) is 6.28. The van der Waals surface area contributed by atoms with Gasteiger partial charge in [-0.05, 0) is 37.5 Å². The maximum atomic E-state index is 14.1. The highest BCUT2D eigenvalue weighted by atomic mass is 19.1. The summed E-state index contributed by atoms with van der Waals surface area (Å²) in [6.45, 7) is 3.18. The van der Waals surface area contributed by atoms with Gasteiger partial charge in [0.1, 0.15) is 5.82 Å². The second-order valence-corrected chi connectivity index (χ2v) is 6.42. The molecule has 6 heteroatoms. The Bertz CT molecular complexity index is 634. The zero-order chi connectivity index (χ0) is 16.6. The lowest BCUT2D eigenvalue weighted by molar-refractivity contribution is -0.136. The van der Waals surface area contributed by atoms with Gasteiger partial charge in [-0.15, -0.1) is 0 Å². The van der Waals surface area contributed by atoms with E-state index in [-0.39, 0.29) is 36.5 Å². The van der Waals surface area contributed by atoms with Crippen molar-refractivity contribution in [2.75, 3.05) is 24.5 Å². The average molecular weight is 319 g/mol. The normalized spacial score (nSPS) is 24.6. The molecule has 2 fully saturated rings. The van der Waals surface area contributed by atoms with Crippen molar-refractivity contribution in [3.05, 3.63) is 29.6 Å². The largest absolute Gasteiger partial charge is 0.338 e. The summed E-state index contributed by atoms with van der Waals surface area (Å²) in [7, 11) is 0. The number of likely N-dealkylation sites (tertiary alicyclic amines) is 1. The molecule has 0 aliphatic carbocycles. The predicted octanol–water partition coefficient (Wildman–Crippen LogP) is 1.44. The van der Waals surface area contributed by atoms with Crippen LogP contribution >= 0.6 is 0 Å². The van der Waals surface area contributed by atoms with Gasteiger partial charge in [-0.3, -0.25) is 9.59 Å². The topological polar surface area (TPSA) is 66.6 Å². The van der Waals surface area contributed by atoms with E-state index in [4.69, 9.17) is 5.73 Å². The van der Waals surface area contributed by atoms with Gasteiger partial charge in [0.05, 0.1) is 11.6 Å². The lowest BCUT2D eigenvalue weighted by Crippen LogP contribution is -2.43. The average Bonchev–Trinajstić information content (AvgIpc) is 3.13. The minimum atomic E-state index is -0.424. The standard InChI is InChI=1S/C17H22FN3O2/c1-11-4-5-15(14(18)7-11)21-10-12(8-16(21)22)17(23)20-6-2-3-13(20)9-19/h4-5,7,12-13H,2-3,6,8-10,19H2,1H3/t12-,13-/m0/s1. The molecule has 5 nitrogen and oxygen atoms in total. The van der Waals surface area contributed by atoms with Gasteiger partial charge in [0, 0.05) is 32.1 Å². The van der Waals surface area contributed by atoms with Crippen LogP contribution < -0.4 is 10.6 Å². The van der Waals surface area contributed by atoms with E-state index < -0.39 is 11.7 Å². The molecule has 2 saturated heterocycles. The highest BCUT2D eigenvalue weighted by Crippen LogP contribution is 2.30. The smallest absolute Gasteiger partial charge is 0.228 e. The number of hydrogen-bond acceptors (Lipinski definition) is 3. The molecule has 2 amide bonds. The number of benzene rings is 1. The summed E-state index contributed by atoms with van der Waals surface area (Å²) in [5.41, 5.74) is 6.78. The lowest BCUT2D eigenvalue weighted by Gasteiger charge is -2.26. The van der Waals surface area contributed by atoms with Gasteiger partial charge in [-0.25, -0.2) is 4.39 Å². The molecule has 0 radical (unpaired) electrons. The minimum absolute atomic E-state index is 0.0266. The molecule has 2 N–H and O–H groups in total. The van der Waals surface area contributed by atoms with Gasteiger partial charge in [0.15, 0.2) is 0 Å². The zero-order valence-corrected chi connectivity index (χ0v) is 13.3. The van der Waals surface area contributed by atoms with Crippen molar-refractivity contribution in [3.63, 3.8) is 0 Å². The number of aryl methyl sites for hydroxylation is 1. The fraction of sp³-hybridized carbons (Fsp3) is 0.529. The van der Waals surface area contributed by atoms with Crippen LogP contribution in [0.25, 0.3) is 0 Å². The van der Waals surface area contributed by atoms with Crippen molar-refractivity contribution in [1.29, 1.82) is 0 Å². The fourth-order valence-corrected chi connectivity index (χ4v) is 3.54. The molecule has 2 atom stereocenters. The second-order valence-electron chi connectivity index (χ2n) is 6.42. The number of nitrogens with two attached hydrogens (primary N) is 1. The number of anilines is 1. The van der Waals surface area contributed by atoms with E-state index in [1.807, 2.05) is 0 Å². The first-order chi connectivity index (χ1) is 11.0. The van der Waals surface area contributed by atoms with Gasteiger partial charge in [0.2, 0.25) is 11.8 Å². The third-order valence-electron chi connectivity index (χ3n) is 4.80. The molecule has 0 bridgehead atoms. The van der Waals surface area contributed by atoms with E-state index in [0.29, 0.717) is 13.1 Å². The van der Waals surface area contributed by atoms with Crippen molar-refractivity contribution in [2.45, 2.75) is 32.2 Å². The number of amides is 2. The van der Waals surface area contributed by atoms with Crippen LogP contribution in [0, 0.1) is 18.7 Å². The van der Waals surface area contributed by atoms with E-state index in [1.165, 1.54) is 11.0 Å². The Morgan fingerprint density at radius 3 is 2.91 bits per heavy atom. The third kappa shape index (κ3) is 2.95. The van der Waals surface area contributed by atoms with Crippen LogP contribution in [0.2, 0.25) is 0 Å². The highest BCUT2D eigenvalue weighted by molar-refractivity contribution is 6.00. The summed E-state index contributed by atoms with van der Waals surface area (Å²) in [6, 6.07) is 4.85. The Labute approximate surface area is 135 Å². The SMILES string of the molecule is Cc1ccc(N2C[C@@H](C(=O)N3CCC[C@H]3CN)CC2=O)c(F)c1. The first-order valence-electron chi connectivity index (χ1n) is 8.08. The van der Waals surface area contributed by atoms with Gasteiger partial charge >= 0.3 is 0 Å². The molecule has 0 saturated carbocycles. The van der Waals surface area contributed by atoms with E-state index in [2.05, 4.69) is 0 Å². The van der Waals surface area contributed by atoms with Crippen LogP contribution in [0.1, 0.15) is 24.8 Å². The Balaban J connectivity index is 1.75. The van der Waals surface area contributed by atoms with Crippen LogP contribution in [-0.2, 0) is 9.59 Å². The number of carbonyl (C=O) groups is 2. The number of hydrogen-bond donors (Lipinski definition) is 1. The highest BCUT2D eigenvalue weighted by Gasteiger charge is 2.40. The molecule has 2 heterocycles. The molecule has 2 aliphatic rings. The van der Waals surface area contributed by atoms with Crippen molar-refractivity contribution in [1.82, 2.24) is 4.90 Å². The van der Waals surface area contributed by atoms with Crippen molar-refractivity contribution >= 4 is 17.5 Å². The summed E-state index contributed by atoms with van der Waals surface area (Å²) in [4.78, 5) is 28.1. The number of halogens is 1. The van der Waals surface area contributed by atoms with Crippen LogP contribution in [0.15, 0.2) is 18.2 Å². The summed E-state index contributed by atoms with van der Waals surface area (Å²) in [6.07, 6.45) is 2.00. The van der Waals surface area contributed by atoms with Crippen LogP contribution in [0.4, 0.5) is 10.1 Å². The summed E-state index contributed by atoms with van der Waals surface area (Å²) >= 11 is 0. The van der Waals surface area contributed by atoms with Crippen molar-refractivity contribution < 1.29 is 14.0 Å². The first-order valence-corrected chi connectivity index (χ1v) is 8.08. The Morgan fingerprint density at radius 2 is 2.22 bits per heavy atom. The van der Waals surface area contributed by atoms with Gasteiger partial charge < -0.3 is 15.5 Å². The van der Waals surface area contributed by atoms with Gasteiger partial charge in [-0.2, -0.15) is 0 Å². The first kappa shape index (κ1) is 15.9. The molecule has 2 aliphatic heterocycles. The summed E-state index contributed by atoms with van der Waals surface area (Å²) in [5, 5.41) is 0. The summed E-state index contributed by atoms with van der Waals surface area (Å²) in [5.74, 6) is -1.06. The number of rotatable bonds is 3. The van der Waals surface area contributed by atoms with Crippen LogP contribution in [0.5, 0.6) is 0 Å². The maximum Gasteiger partial charge on any atom is 0.228 e. The number of nitrogens with zero attached hydrogens (tertiary/aromatic N) is 2. The molecule has 0 unspecified atom stereocenters. The third-order valence-corrected chi connectivity index (χ3v) is 4.80. The van der Waals surface area contributed by atoms with Crippen molar-refractivity contribution in [2.24, 2.45) is 11.7 Å². The quantitative estimate of drug-likeness (QED) is 0.917. The number of carbonyl (C=O) groups excluding carboxylic acids is 2. The Kier molecular flexibility index (Phi) is 4.35. The van der Waals surface area contributed by atoms with Gasteiger partial charge in [-0.1, -0.05) is 6.07 Å². The molecular formula is C17H22FN3O2. The van der Waals surface area contributed by atoms with E-state index in [1.54, 1.807) is 24.0 Å². The molecule has 1 aromatic rings. The molecule has 0 aromatic heterocycles. The maximum absolute atomic E-state index is 14.1. The minimum Gasteiger partial charge on any atom is -0.338 e. The monoisotopic (exact) mass is 319 g/mol. The zero-order valence-electron chi connectivity index (χ0n) is 13.3. The molecule has 3 rings (SSSR count). The molecular weight excluding hydrogens is 297 g/mol. The molecule has 0 spiro atoms. The molecule has 1 aromatic carbocycles. The predicted molar refractivity (Wildman–Crippen MR) is 85.4 cm³/mol. The van der Waals surface area contributed by atoms with Crippen LogP contribution in [0.3, 0.4) is 0 Å². The molecule has 124 valence electrons. The summed E-state index contributed by atoms with van der Waals surface area (Å²) < 4.78 is 14.1. The van der Waals surface area contributed by atoms with E-state index in [9.17, 15) is 14.0 Å². The van der Waals surface area contributed by atoms with Crippen LogP contribution in [-0.4, -0.2) is 42.4 Å². The Morgan fingerprint density at radius 1 is 1.43 bits per heavy atom. The lowest BCUT2D eigenvalue weighted by atomic mass is 10.1. The fourth-order valence-electron chi connectivity index (χ4n) is 3.54. The Hall–Kier alpha value is -1.95. The molecule has 23 heavy (non-hydrogen) atoms. The van der Waals surface area contributed by atoms with E-state index >= 15 is 0 Å². The van der Waals surface area contributed by atoms with Gasteiger partial charge in [0.25, 0.3) is 0 Å².